The van der Waals surface area contributed by atoms with E-state index in [2.05, 4.69) is 30.0 Å². The molecule has 2 aliphatic heterocycles. The number of likely N-dealkylation sites (N-methyl/N-ethyl adjacent to an activating group) is 1. The summed E-state index contributed by atoms with van der Waals surface area (Å²) in [6.45, 7) is 4.67. The van der Waals surface area contributed by atoms with E-state index in [1.807, 2.05) is 42.2 Å². The lowest BCUT2D eigenvalue weighted by Crippen LogP contribution is -2.58. The van der Waals surface area contributed by atoms with Gasteiger partial charge in [0.2, 0.25) is 5.95 Å². The van der Waals surface area contributed by atoms with Crippen LogP contribution in [-0.2, 0) is 0 Å². The van der Waals surface area contributed by atoms with Gasteiger partial charge in [-0.25, -0.2) is 9.37 Å². The van der Waals surface area contributed by atoms with E-state index in [4.69, 9.17) is 32.7 Å². The highest BCUT2D eigenvalue weighted by atomic mass is 35.5. The number of rotatable bonds is 5. The normalized spacial score (nSPS) is 16.5. The Hall–Kier alpha value is -3.49. The molecule has 0 bridgehead atoms. The van der Waals surface area contributed by atoms with Crippen LogP contribution in [0.1, 0.15) is 5.56 Å². The van der Waals surface area contributed by atoms with Crippen molar-refractivity contribution in [2.45, 2.75) is 13.0 Å². The molecule has 2 saturated heterocycles. The summed E-state index contributed by atoms with van der Waals surface area (Å²) >= 11 is 6.82. The predicted molar refractivity (Wildman–Crippen MR) is 149 cm³/mol. The Balaban J connectivity index is 1.54. The number of fused-ring (bicyclic) bond motifs is 2. The molecule has 9 heteroatoms. The van der Waals surface area contributed by atoms with E-state index < -0.39 is 5.82 Å². The van der Waals surface area contributed by atoms with Crippen molar-refractivity contribution in [1.82, 2.24) is 14.9 Å². The molecule has 3 heterocycles. The zero-order valence-electron chi connectivity index (χ0n) is 21.1. The molecule has 0 aliphatic carbocycles. The molecule has 0 atom stereocenters. The van der Waals surface area contributed by atoms with Gasteiger partial charge < -0.3 is 20.4 Å². The van der Waals surface area contributed by atoms with Gasteiger partial charge in [-0.1, -0.05) is 48.0 Å². The van der Waals surface area contributed by atoms with Crippen molar-refractivity contribution in [3.05, 3.63) is 58.9 Å². The van der Waals surface area contributed by atoms with Crippen LogP contribution in [0.25, 0.3) is 32.8 Å². The average Bonchev–Trinajstić information content (AvgIpc) is 2.77. The van der Waals surface area contributed by atoms with Crippen LogP contribution in [0.3, 0.4) is 0 Å². The number of nitrogens with one attached hydrogen (secondary N) is 1. The number of aromatic nitrogens is 2. The minimum Gasteiger partial charge on any atom is -0.387 e. The number of nitrogens with zero attached hydrogens (tertiary/aromatic N) is 5. The zero-order valence-corrected chi connectivity index (χ0v) is 21.8. The molecule has 4 aromatic rings. The Morgan fingerprint density at radius 3 is 2.49 bits per heavy atom. The van der Waals surface area contributed by atoms with Crippen molar-refractivity contribution in [1.29, 1.82) is 5.41 Å². The molecule has 3 aromatic carbocycles. The van der Waals surface area contributed by atoms with Crippen LogP contribution in [0.4, 0.5) is 16.2 Å². The van der Waals surface area contributed by atoms with Crippen molar-refractivity contribution in [2.24, 2.45) is 11.7 Å². The maximum atomic E-state index is 16.5. The van der Waals surface area contributed by atoms with Crippen molar-refractivity contribution >= 4 is 50.9 Å². The van der Waals surface area contributed by atoms with Gasteiger partial charge in [-0.15, -0.1) is 0 Å². The summed E-state index contributed by atoms with van der Waals surface area (Å²) in [7, 11) is 4.10. The Morgan fingerprint density at radius 2 is 1.78 bits per heavy atom. The highest BCUT2D eigenvalue weighted by Crippen LogP contribution is 2.42. The molecule has 0 amide bonds. The first kappa shape index (κ1) is 23.9. The molecule has 0 spiro atoms. The molecule has 2 fully saturated rings. The van der Waals surface area contributed by atoms with Crippen molar-refractivity contribution in [3.63, 3.8) is 0 Å². The first-order valence-electron chi connectivity index (χ1n) is 12.4. The van der Waals surface area contributed by atoms with Crippen LogP contribution >= 0.6 is 11.6 Å². The van der Waals surface area contributed by atoms with E-state index >= 15 is 4.39 Å². The minimum absolute atomic E-state index is 0.0335. The molecule has 190 valence electrons. The maximum Gasteiger partial charge on any atom is 0.228 e. The minimum atomic E-state index is -0.448. The van der Waals surface area contributed by atoms with Gasteiger partial charge in [0.05, 0.1) is 16.8 Å². The van der Waals surface area contributed by atoms with Gasteiger partial charge in [-0.2, -0.15) is 4.98 Å². The van der Waals surface area contributed by atoms with E-state index in [0.717, 1.165) is 35.0 Å². The molecule has 2 aliphatic rings. The number of aryl methyl sites for hydroxylation is 1. The second-order valence-electron chi connectivity index (χ2n) is 10.4. The summed E-state index contributed by atoms with van der Waals surface area (Å²) in [6, 6.07) is 14.2. The zero-order chi connectivity index (χ0) is 26.0. The summed E-state index contributed by atoms with van der Waals surface area (Å²) in [6.07, 6.45) is 0. The third kappa shape index (κ3) is 3.95. The average molecular weight is 518 g/mol. The predicted octanol–water partition coefficient (Wildman–Crippen LogP) is 4.67. The fourth-order valence-electron chi connectivity index (χ4n) is 5.26. The number of halogens is 2. The second kappa shape index (κ2) is 8.82. The summed E-state index contributed by atoms with van der Waals surface area (Å²) in [5, 5.41) is 10.6. The van der Waals surface area contributed by atoms with Gasteiger partial charge in [0.25, 0.3) is 0 Å². The molecular formula is C28H29ClFN7. The summed E-state index contributed by atoms with van der Waals surface area (Å²) in [5.74, 6) is 0.815. The van der Waals surface area contributed by atoms with Gasteiger partial charge in [-0.05, 0) is 49.0 Å². The number of benzene rings is 3. The second-order valence-corrected chi connectivity index (χ2v) is 10.8. The van der Waals surface area contributed by atoms with Crippen molar-refractivity contribution in [3.8, 4) is 11.1 Å². The van der Waals surface area contributed by atoms with Gasteiger partial charge >= 0.3 is 0 Å². The number of hydrogen-bond donors (Lipinski definition) is 2. The van der Waals surface area contributed by atoms with E-state index in [9.17, 15) is 0 Å². The smallest absolute Gasteiger partial charge is 0.228 e. The number of amidine groups is 1. The Labute approximate surface area is 220 Å². The first-order chi connectivity index (χ1) is 17.7. The SMILES string of the molecule is Cc1cc(-c2c(Cl)cc3c(N4CC(C(=N)N)C4)nc(N4CC(N(C)C)C4)nc3c2F)c2ccccc2c1. The summed E-state index contributed by atoms with van der Waals surface area (Å²) in [5.41, 5.74) is 8.11. The molecular weight excluding hydrogens is 489 g/mol. The van der Waals surface area contributed by atoms with Crippen LogP contribution in [0.2, 0.25) is 5.02 Å². The van der Waals surface area contributed by atoms with Crippen molar-refractivity contribution in [2.75, 3.05) is 50.1 Å². The monoisotopic (exact) mass is 517 g/mol. The third-order valence-corrected chi connectivity index (χ3v) is 7.92. The van der Waals surface area contributed by atoms with Crippen LogP contribution in [0, 0.1) is 24.1 Å². The summed E-state index contributed by atoms with van der Waals surface area (Å²) < 4.78 is 16.5. The topological polar surface area (TPSA) is 85.4 Å². The number of nitrogens with two attached hydrogens (primary N) is 1. The van der Waals surface area contributed by atoms with Crippen LogP contribution < -0.4 is 15.5 Å². The molecule has 6 rings (SSSR count). The molecule has 0 saturated carbocycles. The van der Waals surface area contributed by atoms with Gasteiger partial charge in [0, 0.05) is 43.2 Å². The molecule has 0 radical (unpaired) electrons. The highest BCUT2D eigenvalue weighted by Gasteiger charge is 2.35. The Bertz CT molecular complexity index is 1560. The van der Waals surface area contributed by atoms with Crippen LogP contribution in [-0.4, -0.2) is 67.0 Å². The van der Waals surface area contributed by atoms with Crippen molar-refractivity contribution < 1.29 is 4.39 Å². The lowest BCUT2D eigenvalue weighted by atomic mass is 9.94. The van der Waals surface area contributed by atoms with E-state index in [1.165, 1.54) is 0 Å². The highest BCUT2D eigenvalue weighted by molar-refractivity contribution is 6.35. The van der Waals surface area contributed by atoms with Gasteiger partial charge in [0.15, 0.2) is 5.82 Å². The maximum absolute atomic E-state index is 16.5. The fourth-order valence-corrected chi connectivity index (χ4v) is 5.55. The van der Waals surface area contributed by atoms with E-state index in [-0.39, 0.29) is 17.3 Å². The largest absolute Gasteiger partial charge is 0.387 e. The Kier molecular flexibility index (Phi) is 5.69. The van der Waals surface area contributed by atoms with Crippen LogP contribution in [0.15, 0.2) is 42.5 Å². The Morgan fingerprint density at radius 1 is 1.05 bits per heavy atom. The molecule has 37 heavy (non-hydrogen) atoms. The van der Waals surface area contributed by atoms with E-state index in [1.54, 1.807) is 6.07 Å². The van der Waals surface area contributed by atoms with E-state index in [0.29, 0.717) is 46.9 Å². The fraction of sp³-hybridized carbons (Fsp3) is 0.321. The number of hydrogen-bond acceptors (Lipinski definition) is 6. The summed E-state index contributed by atoms with van der Waals surface area (Å²) in [4.78, 5) is 15.9. The molecule has 1 aromatic heterocycles. The van der Waals surface area contributed by atoms with Gasteiger partial charge in [0.1, 0.15) is 11.3 Å². The molecule has 7 nitrogen and oxygen atoms in total. The third-order valence-electron chi connectivity index (χ3n) is 7.62. The lowest BCUT2D eigenvalue weighted by molar-refractivity contribution is 0.245. The van der Waals surface area contributed by atoms with Crippen LogP contribution in [0.5, 0.6) is 0 Å². The molecule has 0 unspecified atom stereocenters. The molecule has 3 N–H and O–H groups in total. The van der Waals surface area contributed by atoms with Gasteiger partial charge in [-0.3, -0.25) is 5.41 Å². The quantitative estimate of drug-likeness (QED) is 0.295. The standard InChI is InChI=1S/C28H29ClFN7/c1-15-8-16-6-4-5-7-19(16)20(9-15)23-22(29)10-21-25(24(23)30)33-28(37-13-18(14-37)35(2)3)34-27(21)36-11-17(12-36)26(31)32/h4-10,17-18H,11-14H2,1-3H3,(H3,31,32). The number of anilines is 2. The lowest BCUT2D eigenvalue weighted by Gasteiger charge is -2.44. The first-order valence-corrected chi connectivity index (χ1v) is 12.8.